The molecule has 3 rings (SSSR count). The van der Waals surface area contributed by atoms with E-state index in [1.165, 1.54) is 11.8 Å². The third-order valence-corrected chi connectivity index (χ3v) is 5.83. The lowest BCUT2D eigenvalue weighted by molar-refractivity contribution is -0.119. The second kappa shape index (κ2) is 6.06. The number of aromatic nitrogens is 2. The molecule has 13 heteroatoms. The van der Waals surface area contributed by atoms with E-state index in [0.717, 1.165) is 4.57 Å². The van der Waals surface area contributed by atoms with Crippen LogP contribution in [0.3, 0.4) is 0 Å². The minimum Gasteiger partial charge on any atom is -0.390 e. The molecule has 2 saturated heterocycles. The van der Waals surface area contributed by atoms with Gasteiger partial charge in [-0.1, -0.05) is 0 Å². The summed E-state index contributed by atoms with van der Waals surface area (Å²) in [6.45, 7) is 0. The van der Waals surface area contributed by atoms with Crippen molar-refractivity contribution < 1.29 is 33.1 Å². The molecule has 2 aliphatic heterocycles. The van der Waals surface area contributed by atoms with Crippen LogP contribution in [0.4, 0.5) is 4.39 Å². The summed E-state index contributed by atoms with van der Waals surface area (Å²) in [5.74, 6) is -0.834. The Labute approximate surface area is 137 Å². The zero-order valence-corrected chi connectivity index (χ0v) is 13.7. The van der Waals surface area contributed by atoms with Crippen molar-refractivity contribution in [2.45, 2.75) is 30.5 Å². The highest BCUT2D eigenvalue weighted by atomic mass is 32.2. The van der Waals surface area contributed by atoms with Crippen molar-refractivity contribution >= 4 is 19.6 Å². The summed E-state index contributed by atoms with van der Waals surface area (Å²) in [6, 6.07) is 0. The average Bonchev–Trinajstić information content (AvgIpc) is 2.79. The van der Waals surface area contributed by atoms with Gasteiger partial charge in [-0.25, -0.2) is 9.36 Å². The largest absolute Gasteiger partial charge is 0.470 e. The van der Waals surface area contributed by atoms with E-state index in [2.05, 4.69) is 0 Å². The van der Waals surface area contributed by atoms with Gasteiger partial charge in [-0.2, -0.15) is 16.2 Å². The van der Waals surface area contributed by atoms with E-state index in [1.807, 2.05) is 0 Å². The summed E-state index contributed by atoms with van der Waals surface area (Å²) < 4.78 is 35.7. The first-order chi connectivity index (χ1) is 11.1. The van der Waals surface area contributed by atoms with Crippen LogP contribution >= 0.6 is 19.6 Å². The van der Waals surface area contributed by atoms with Gasteiger partial charge in [0.25, 0.3) is 5.56 Å². The van der Waals surface area contributed by atoms with E-state index < -0.39 is 48.9 Å². The normalized spacial score (nSPS) is 29.4. The molecule has 3 heterocycles. The number of nitrogens with zero attached hydrogens (tertiary/aromatic N) is 1. The molecule has 0 aliphatic carbocycles. The summed E-state index contributed by atoms with van der Waals surface area (Å²) in [5, 5.41) is 10.2. The highest BCUT2D eigenvalue weighted by Crippen LogP contribution is 2.52. The van der Waals surface area contributed by atoms with E-state index in [0.29, 0.717) is 6.20 Å². The van der Waals surface area contributed by atoms with E-state index in [4.69, 9.17) is 19.0 Å². The Morgan fingerprint density at radius 2 is 2.12 bits per heavy atom. The van der Waals surface area contributed by atoms with Gasteiger partial charge in [-0.05, 0) is 0 Å². The fraction of sp³-hybridized carbons (Fsp3) is 0.636. The van der Waals surface area contributed by atoms with Crippen molar-refractivity contribution in [1.29, 1.82) is 0 Å². The molecule has 0 radical (unpaired) electrons. The maximum atomic E-state index is 13.4. The molecule has 1 aromatic heterocycles. The zero-order chi connectivity index (χ0) is 17.7. The quantitative estimate of drug-likeness (QED) is 0.475. The highest BCUT2D eigenvalue weighted by molar-refractivity contribution is 8.00. The molecule has 0 spiro atoms. The number of phosphoric acid groups is 1. The summed E-state index contributed by atoms with van der Waals surface area (Å²) >= 11 is 1.34. The Bertz CT molecular complexity index is 802. The lowest BCUT2D eigenvalue weighted by Gasteiger charge is -2.45. The average molecular weight is 384 g/mol. The van der Waals surface area contributed by atoms with Gasteiger partial charge in [-0.15, -0.1) is 0 Å². The molecule has 0 saturated carbocycles. The van der Waals surface area contributed by atoms with Crippen molar-refractivity contribution in [3.8, 4) is 0 Å². The molecule has 0 aromatic carbocycles. The van der Waals surface area contributed by atoms with Crippen molar-refractivity contribution in [3.63, 3.8) is 0 Å². The molecule has 4 N–H and O–H groups in total. The standard InChI is InChI=1S/C11H14FN2O8PS/c12-5-2-14(10(17)13-9(5)16)7-1-6(15)8(21-7)11(3-24-4-11)22-23(18,19)20/h2,6-8,15H,1,3-4H2,(H,13,16,17)(H2,18,19,20)/t6-,7+,8-/m0/s1. The Morgan fingerprint density at radius 3 is 2.67 bits per heavy atom. The number of aliphatic hydroxyl groups excluding tert-OH is 1. The third-order valence-electron chi connectivity index (χ3n) is 3.84. The molecular formula is C11H14FN2O8PS. The van der Waals surface area contributed by atoms with E-state index in [9.17, 15) is 23.7 Å². The van der Waals surface area contributed by atoms with Crippen molar-refractivity contribution in [3.05, 3.63) is 32.9 Å². The second-order valence-electron chi connectivity index (χ2n) is 5.60. The Morgan fingerprint density at radius 1 is 1.46 bits per heavy atom. The molecule has 2 fully saturated rings. The van der Waals surface area contributed by atoms with Crippen LogP contribution in [0.2, 0.25) is 0 Å². The molecule has 134 valence electrons. The Balaban J connectivity index is 1.87. The van der Waals surface area contributed by atoms with Crippen LogP contribution in [-0.4, -0.2) is 53.8 Å². The molecule has 0 amide bonds. The molecule has 3 atom stereocenters. The van der Waals surface area contributed by atoms with Crippen LogP contribution in [0.25, 0.3) is 0 Å². The summed E-state index contributed by atoms with van der Waals surface area (Å²) in [7, 11) is -4.83. The van der Waals surface area contributed by atoms with Gasteiger partial charge in [-0.3, -0.25) is 18.9 Å². The SMILES string of the molecule is O=c1[nH]c(=O)n([C@H]2C[C@H](O)[C@@H](C3(OP(=O)(O)O)CSC3)O2)cc1F. The lowest BCUT2D eigenvalue weighted by atomic mass is 9.96. The van der Waals surface area contributed by atoms with Crippen LogP contribution < -0.4 is 11.2 Å². The second-order valence-corrected chi connectivity index (χ2v) is 7.75. The first-order valence-electron chi connectivity index (χ1n) is 6.80. The Kier molecular flexibility index (Phi) is 4.49. The van der Waals surface area contributed by atoms with E-state index in [1.54, 1.807) is 4.98 Å². The number of nitrogens with one attached hydrogen (secondary N) is 1. The number of aliphatic hydroxyl groups is 1. The van der Waals surface area contributed by atoms with Crippen LogP contribution in [0.15, 0.2) is 15.8 Å². The number of hydrogen-bond donors (Lipinski definition) is 4. The third kappa shape index (κ3) is 3.23. The zero-order valence-electron chi connectivity index (χ0n) is 12.0. The molecule has 0 bridgehead atoms. The summed E-state index contributed by atoms with van der Waals surface area (Å²) in [6.07, 6.45) is -2.88. The number of thioether (sulfide) groups is 1. The van der Waals surface area contributed by atoms with Gasteiger partial charge >= 0.3 is 13.5 Å². The molecule has 1 aromatic rings. The number of aromatic amines is 1. The minimum absolute atomic E-state index is 0.132. The van der Waals surface area contributed by atoms with Gasteiger partial charge in [0, 0.05) is 17.9 Å². The first kappa shape index (κ1) is 17.8. The molecule has 2 aliphatic rings. The predicted molar refractivity (Wildman–Crippen MR) is 79.0 cm³/mol. The number of rotatable bonds is 4. The minimum atomic E-state index is -4.83. The van der Waals surface area contributed by atoms with Gasteiger partial charge in [0.2, 0.25) is 5.82 Å². The fourth-order valence-electron chi connectivity index (χ4n) is 2.78. The van der Waals surface area contributed by atoms with Crippen LogP contribution in [0.5, 0.6) is 0 Å². The number of phosphoric ester groups is 1. The lowest BCUT2D eigenvalue weighted by Crippen LogP contribution is -2.58. The van der Waals surface area contributed by atoms with Crippen molar-refractivity contribution in [2.24, 2.45) is 0 Å². The van der Waals surface area contributed by atoms with E-state index >= 15 is 0 Å². The molecular weight excluding hydrogens is 370 g/mol. The number of ether oxygens (including phenoxy) is 1. The number of H-pyrrole nitrogens is 1. The smallest absolute Gasteiger partial charge is 0.390 e. The van der Waals surface area contributed by atoms with Gasteiger partial charge < -0.3 is 19.6 Å². The summed E-state index contributed by atoms with van der Waals surface area (Å²) in [5.41, 5.74) is -3.50. The van der Waals surface area contributed by atoms with Gasteiger partial charge in [0.15, 0.2) is 0 Å². The summed E-state index contributed by atoms with van der Waals surface area (Å²) in [4.78, 5) is 42.7. The Hall–Kier alpha value is -1.01. The first-order valence-corrected chi connectivity index (χ1v) is 9.48. The van der Waals surface area contributed by atoms with Gasteiger partial charge in [0.1, 0.15) is 17.9 Å². The molecule has 10 nitrogen and oxygen atoms in total. The van der Waals surface area contributed by atoms with Crippen LogP contribution in [0.1, 0.15) is 12.6 Å². The van der Waals surface area contributed by atoms with Crippen LogP contribution in [-0.2, 0) is 13.8 Å². The van der Waals surface area contributed by atoms with E-state index in [-0.39, 0.29) is 17.9 Å². The van der Waals surface area contributed by atoms with Gasteiger partial charge in [0.05, 0.1) is 12.3 Å². The maximum Gasteiger partial charge on any atom is 0.470 e. The molecule has 0 unspecified atom stereocenters. The predicted octanol–water partition coefficient (Wildman–Crippen LogP) is -1.08. The van der Waals surface area contributed by atoms with Crippen LogP contribution in [0, 0.1) is 5.82 Å². The fourth-order valence-corrected chi connectivity index (χ4v) is 4.72. The van der Waals surface area contributed by atoms with Crippen molar-refractivity contribution in [1.82, 2.24) is 9.55 Å². The maximum absolute atomic E-state index is 13.4. The molecule has 24 heavy (non-hydrogen) atoms. The van der Waals surface area contributed by atoms with Crippen molar-refractivity contribution in [2.75, 3.05) is 11.5 Å². The topological polar surface area (TPSA) is 151 Å². The number of halogens is 1. The highest BCUT2D eigenvalue weighted by Gasteiger charge is 2.57. The monoisotopic (exact) mass is 384 g/mol. The number of hydrogen-bond acceptors (Lipinski definition) is 7.